The van der Waals surface area contributed by atoms with E-state index in [1.54, 1.807) is 19.1 Å². The van der Waals surface area contributed by atoms with Gasteiger partial charge < -0.3 is 5.11 Å². The summed E-state index contributed by atoms with van der Waals surface area (Å²) >= 11 is 11.8. The lowest BCUT2D eigenvalue weighted by atomic mass is 10.0. The number of aliphatic hydroxyl groups is 1. The monoisotopic (exact) mass is 323 g/mol. The summed E-state index contributed by atoms with van der Waals surface area (Å²) in [5.41, 5.74) is 0. The molecule has 0 amide bonds. The lowest BCUT2D eigenvalue weighted by molar-refractivity contribution is 0.133. The molecule has 0 radical (unpaired) electrons. The second-order valence-corrected chi connectivity index (χ2v) is 7.40. The smallest absolute Gasteiger partial charge is 0.244 e. The molecule has 1 aliphatic heterocycles. The molecule has 19 heavy (non-hydrogen) atoms. The quantitative estimate of drug-likeness (QED) is 0.929. The highest BCUT2D eigenvalue weighted by molar-refractivity contribution is 7.89. The summed E-state index contributed by atoms with van der Waals surface area (Å²) in [5, 5.41) is 9.80. The van der Waals surface area contributed by atoms with Gasteiger partial charge in [0, 0.05) is 13.1 Å². The van der Waals surface area contributed by atoms with Gasteiger partial charge in [0.1, 0.15) is 4.90 Å². The maximum Gasteiger partial charge on any atom is 0.244 e. The lowest BCUT2D eigenvalue weighted by Crippen LogP contribution is -2.30. The third kappa shape index (κ3) is 2.90. The minimum atomic E-state index is -3.65. The minimum Gasteiger partial charge on any atom is -0.393 e. The first-order valence-corrected chi connectivity index (χ1v) is 8.16. The lowest BCUT2D eigenvalue weighted by Gasteiger charge is -2.18. The zero-order valence-electron chi connectivity index (χ0n) is 10.4. The van der Waals surface area contributed by atoms with Gasteiger partial charge in [0.05, 0.1) is 16.1 Å². The number of sulfonamides is 1. The molecule has 106 valence electrons. The summed E-state index contributed by atoms with van der Waals surface area (Å²) in [6.07, 6.45) is 0.129. The van der Waals surface area contributed by atoms with Crippen molar-refractivity contribution in [3.05, 3.63) is 28.2 Å². The Morgan fingerprint density at radius 1 is 1.42 bits per heavy atom. The Morgan fingerprint density at radius 2 is 2.11 bits per heavy atom. The van der Waals surface area contributed by atoms with Crippen molar-refractivity contribution in [3.8, 4) is 0 Å². The third-order valence-electron chi connectivity index (χ3n) is 3.40. The summed E-state index contributed by atoms with van der Waals surface area (Å²) < 4.78 is 26.3. The summed E-state index contributed by atoms with van der Waals surface area (Å²) in [5.74, 6) is -0.0345. The Morgan fingerprint density at radius 3 is 2.68 bits per heavy atom. The van der Waals surface area contributed by atoms with Gasteiger partial charge in [-0.05, 0) is 31.4 Å². The van der Waals surface area contributed by atoms with Crippen LogP contribution in [0.1, 0.15) is 13.3 Å². The zero-order valence-corrected chi connectivity index (χ0v) is 12.7. The van der Waals surface area contributed by atoms with E-state index in [0.717, 1.165) is 0 Å². The largest absolute Gasteiger partial charge is 0.393 e. The standard InChI is InChI=1S/C12H15Cl2NO3S/c1-8(16)9-5-6-15(7-9)19(17,18)11-4-2-3-10(13)12(11)14/h2-4,8-9,16H,5-7H2,1H3. The molecule has 1 saturated heterocycles. The fourth-order valence-corrected chi connectivity index (χ4v) is 4.44. The van der Waals surface area contributed by atoms with E-state index in [1.807, 2.05) is 0 Å². The van der Waals surface area contributed by atoms with Gasteiger partial charge in [-0.1, -0.05) is 29.3 Å². The van der Waals surface area contributed by atoms with Crippen LogP contribution >= 0.6 is 23.2 Å². The van der Waals surface area contributed by atoms with E-state index in [0.29, 0.717) is 19.5 Å². The number of nitrogens with zero attached hydrogens (tertiary/aromatic N) is 1. The highest BCUT2D eigenvalue weighted by atomic mass is 35.5. The van der Waals surface area contributed by atoms with Crippen molar-refractivity contribution in [2.24, 2.45) is 5.92 Å². The minimum absolute atomic E-state index is 0.0212. The maximum atomic E-state index is 12.5. The van der Waals surface area contributed by atoms with E-state index >= 15 is 0 Å². The summed E-state index contributed by atoms with van der Waals surface area (Å²) in [4.78, 5) is 0.0212. The average molecular weight is 324 g/mol. The van der Waals surface area contributed by atoms with Gasteiger partial charge in [0.25, 0.3) is 0 Å². The number of halogens is 2. The Labute approximate surface area is 123 Å². The molecule has 1 N–H and O–H groups in total. The van der Waals surface area contributed by atoms with Crippen molar-refractivity contribution < 1.29 is 13.5 Å². The van der Waals surface area contributed by atoms with E-state index < -0.39 is 16.1 Å². The van der Waals surface area contributed by atoms with Crippen molar-refractivity contribution in [2.75, 3.05) is 13.1 Å². The average Bonchev–Trinajstić information content (AvgIpc) is 2.82. The summed E-state index contributed by atoms with van der Waals surface area (Å²) in [6.45, 7) is 2.37. The summed E-state index contributed by atoms with van der Waals surface area (Å²) in [6, 6.07) is 4.55. The molecule has 1 fully saturated rings. The Balaban J connectivity index is 2.31. The van der Waals surface area contributed by atoms with Crippen LogP contribution in [0.25, 0.3) is 0 Å². The van der Waals surface area contributed by atoms with E-state index in [2.05, 4.69) is 0 Å². The molecule has 7 heteroatoms. The molecule has 0 saturated carbocycles. The molecule has 1 aliphatic rings. The van der Waals surface area contributed by atoms with Crippen LogP contribution in [0, 0.1) is 5.92 Å². The van der Waals surface area contributed by atoms with Crippen LogP contribution in [0.5, 0.6) is 0 Å². The number of benzene rings is 1. The van der Waals surface area contributed by atoms with E-state index in [-0.39, 0.29) is 20.9 Å². The SMILES string of the molecule is CC(O)C1CCN(S(=O)(=O)c2cccc(Cl)c2Cl)C1. The van der Waals surface area contributed by atoms with Crippen LogP contribution in [-0.4, -0.2) is 37.0 Å². The van der Waals surface area contributed by atoms with Gasteiger partial charge in [-0.3, -0.25) is 0 Å². The molecular weight excluding hydrogens is 309 g/mol. The molecule has 0 spiro atoms. The maximum absolute atomic E-state index is 12.5. The molecule has 0 aliphatic carbocycles. The first kappa shape index (κ1) is 15.1. The number of aliphatic hydroxyl groups excluding tert-OH is 1. The topological polar surface area (TPSA) is 57.6 Å². The predicted octanol–water partition coefficient (Wildman–Crippen LogP) is 2.38. The van der Waals surface area contributed by atoms with Crippen LogP contribution in [-0.2, 0) is 10.0 Å². The Hall–Kier alpha value is -0.330. The molecule has 4 nitrogen and oxygen atoms in total. The molecule has 2 atom stereocenters. The van der Waals surface area contributed by atoms with Crippen LogP contribution in [0.15, 0.2) is 23.1 Å². The second kappa shape index (κ2) is 5.58. The normalized spacial score (nSPS) is 22.6. The number of rotatable bonds is 3. The molecule has 0 aromatic heterocycles. The van der Waals surface area contributed by atoms with Crippen molar-refractivity contribution in [1.82, 2.24) is 4.31 Å². The molecule has 1 aromatic carbocycles. The van der Waals surface area contributed by atoms with Crippen molar-refractivity contribution in [1.29, 1.82) is 0 Å². The van der Waals surface area contributed by atoms with Crippen LogP contribution < -0.4 is 0 Å². The van der Waals surface area contributed by atoms with E-state index in [1.165, 1.54) is 10.4 Å². The molecule has 2 rings (SSSR count). The van der Waals surface area contributed by atoms with Gasteiger partial charge in [0.15, 0.2) is 0 Å². The van der Waals surface area contributed by atoms with Gasteiger partial charge >= 0.3 is 0 Å². The highest BCUT2D eigenvalue weighted by Crippen LogP contribution is 2.33. The fraction of sp³-hybridized carbons (Fsp3) is 0.500. The number of hydrogen-bond donors (Lipinski definition) is 1. The van der Waals surface area contributed by atoms with Crippen molar-refractivity contribution >= 4 is 33.2 Å². The Bertz CT molecular complexity index is 574. The van der Waals surface area contributed by atoms with Gasteiger partial charge in [0.2, 0.25) is 10.0 Å². The van der Waals surface area contributed by atoms with Crippen molar-refractivity contribution in [3.63, 3.8) is 0 Å². The van der Waals surface area contributed by atoms with Crippen LogP contribution in [0.3, 0.4) is 0 Å². The molecular formula is C12H15Cl2NO3S. The molecule has 2 unspecified atom stereocenters. The molecule has 0 bridgehead atoms. The second-order valence-electron chi connectivity index (χ2n) is 4.70. The molecule has 1 heterocycles. The third-order valence-corrected chi connectivity index (χ3v) is 6.24. The van der Waals surface area contributed by atoms with E-state index in [4.69, 9.17) is 23.2 Å². The predicted molar refractivity (Wildman–Crippen MR) is 75.0 cm³/mol. The van der Waals surface area contributed by atoms with Gasteiger partial charge in [-0.25, -0.2) is 8.42 Å². The molecule has 1 aromatic rings. The Kier molecular flexibility index (Phi) is 4.42. The van der Waals surface area contributed by atoms with Gasteiger partial charge in [-0.15, -0.1) is 0 Å². The van der Waals surface area contributed by atoms with Crippen LogP contribution in [0.2, 0.25) is 10.0 Å². The summed E-state index contributed by atoms with van der Waals surface area (Å²) in [7, 11) is -3.65. The zero-order chi connectivity index (χ0) is 14.2. The van der Waals surface area contributed by atoms with E-state index in [9.17, 15) is 13.5 Å². The number of hydrogen-bond acceptors (Lipinski definition) is 3. The fourth-order valence-electron chi connectivity index (χ4n) is 2.19. The first-order valence-electron chi connectivity index (χ1n) is 5.96. The highest BCUT2D eigenvalue weighted by Gasteiger charge is 2.35. The first-order chi connectivity index (χ1) is 8.84. The van der Waals surface area contributed by atoms with Gasteiger partial charge in [-0.2, -0.15) is 4.31 Å². The van der Waals surface area contributed by atoms with Crippen molar-refractivity contribution in [2.45, 2.75) is 24.3 Å². The van der Waals surface area contributed by atoms with Crippen LogP contribution in [0.4, 0.5) is 0 Å².